The quantitative estimate of drug-likeness (QED) is 0.415. The van der Waals surface area contributed by atoms with Crippen molar-refractivity contribution >= 4 is 22.4 Å². The predicted octanol–water partition coefficient (Wildman–Crippen LogP) is 3.94. The largest absolute Gasteiger partial charge is 0.492 e. The van der Waals surface area contributed by atoms with Crippen molar-refractivity contribution in [3.63, 3.8) is 0 Å². The fourth-order valence-electron chi connectivity index (χ4n) is 4.61. The van der Waals surface area contributed by atoms with Crippen LogP contribution >= 0.6 is 12.4 Å². The maximum absolute atomic E-state index is 13.8. The number of nitrogens with zero attached hydrogens (tertiary/aromatic N) is 1. The lowest BCUT2D eigenvalue weighted by molar-refractivity contribution is 0.320. The van der Waals surface area contributed by atoms with E-state index in [1.807, 2.05) is 25.2 Å². The standard InChI is InChI=1S/C25H29F2N3O3S.ClH/c1-28-25-6-4-18-3-5-21(33-10-8-29-34(31,32)22-7-9-30(2)16-22)15-23(18)24(25)13-17-11-19(26)14-20(27)12-17;/h3,5,7,9,11-12,14-16,24-25,28-29H,4,6,8,10,13H2,1-2H3;1H. The number of halogens is 3. The molecule has 190 valence electrons. The normalized spacial score (nSPS) is 17.5. The van der Waals surface area contributed by atoms with Crippen LogP contribution in [-0.2, 0) is 29.9 Å². The first kappa shape index (κ1) is 27.1. The minimum Gasteiger partial charge on any atom is -0.492 e. The summed E-state index contributed by atoms with van der Waals surface area (Å²) in [5.41, 5.74) is 2.88. The first-order chi connectivity index (χ1) is 16.2. The highest BCUT2D eigenvalue weighted by Crippen LogP contribution is 2.36. The fraction of sp³-hybridized carbons (Fsp3) is 0.360. The first-order valence-electron chi connectivity index (χ1n) is 11.2. The summed E-state index contributed by atoms with van der Waals surface area (Å²) in [5, 5.41) is 3.34. The van der Waals surface area contributed by atoms with Crippen LogP contribution in [0.4, 0.5) is 8.78 Å². The maximum atomic E-state index is 13.8. The van der Waals surface area contributed by atoms with Crippen molar-refractivity contribution in [2.24, 2.45) is 7.05 Å². The molecule has 1 aromatic heterocycles. The second-order valence-electron chi connectivity index (χ2n) is 8.64. The molecular formula is C25H30ClF2N3O3S. The zero-order chi connectivity index (χ0) is 24.3. The van der Waals surface area contributed by atoms with Crippen LogP contribution in [0.2, 0.25) is 0 Å². The highest BCUT2D eigenvalue weighted by molar-refractivity contribution is 7.89. The molecule has 0 amide bonds. The SMILES string of the molecule is CNC1CCc2ccc(OCCNS(=O)(=O)c3ccn(C)c3)cc2C1Cc1cc(F)cc(F)c1.Cl. The summed E-state index contributed by atoms with van der Waals surface area (Å²) in [7, 11) is 0.0659. The molecule has 0 bridgehead atoms. The van der Waals surface area contributed by atoms with Gasteiger partial charge in [0.2, 0.25) is 10.0 Å². The van der Waals surface area contributed by atoms with Gasteiger partial charge in [0.15, 0.2) is 0 Å². The monoisotopic (exact) mass is 525 g/mol. The van der Waals surface area contributed by atoms with Gasteiger partial charge in [0.25, 0.3) is 0 Å². The summed E-state index contributed by atoms with van der Waals surface area (Å²) in [5.74, 6) is -0.510. The fourth-order valence-corrected chi connectivity index (χ4v) is 5.67. The molecule has 35 heavy (non-hydrogen) atoms. The molecule has 2 unspecified atom stereocenters. The van der Waals surface area contributed by atoms with Gasteiger partial charge in [-0.2, -0.15) is 0 Å². The van der Waals surface area contributed by atoms with Crippen LogP contribution in [0.5, 0.6) is 5.75 Å². The van der Waals surface area contributed by atoms with Crippen molar-refractivity contribution in [1.29, 1.82) is 0 Å². The lowest BCUT2D eigenvalue weighted by atomic mass is 9.76. The molecule has 0 saturated heterocycles. The Morgan fingerprint density at radius 1 is 1.11 bits per heavy atom. The molecule has 0 radical (unpaired) electrons. The molecule has 10 heteroatoms. The van der Waals surface area contributed by atoms with Gasteiger partial charge in [-0.1, -0.05) is 6.07 Å². The van der Waals surface area contributed by atoms with Gasteiger partial charge in [0.05, 0.1) is 4.90 Å². The third-order valence-electron chi connectivity index (χ3n) is 6.25. The highest BCUT2D eigenvalue weighted by Gasteiger charge is 2.29. The van der Waals surface area contributed by atoms with Gasteiger partial charge in [-0.05, 0) is 73.3 Å². The van der Waals surface area contributed by atoms with Crippen molar-refractivity contribution in [3.05, 3.63) is 83.2 Å². The number of hydrogen-bond acceptors (Lipinski definition) is 4. The van der Waals surface area contributed by atoms with Crippen LogP contribution in [0.1, 0.15) is 29.0 Å². The number of ether oxygens (including phenoxy) is 1. The van der Waals surface area contributed by atoms with Gasteiger partial charge in [-0.15, -0.1) is 12.4 Å². The third-order valence-corrected chi connectivity index (χ3v) is 7.70. The smallest absolute Gasteiger partial charge is 0.242 e. The minimum absolute atomic E-state index is 0. The number of aromatic nitrogens is 1. The number of sulfonamides is 1. The number of likely N-dealkylation sites (N-methyl/N-ethyl adjacent to an activating group) is 1. The van der Waals surface area contributed by atoms with Crippen LogP contribution in [-0.4, -0.2) is 39.2 Å². The maximum Gasteiger partial charge on any atom is 0.242 e. The molecule has 6 nitrogen and oxygen atoms in total. The summed E-state index contributed by atoms with van der Waals surface area (Å²) in [6, 6.07) is 11.2. The molecule has 0 aliphatic heterocycles. The Bertz CT molecular complexity index is 1250. The summed E-state index contributed by atoms with van der Waals surface area (Å²) in [6.07, 6.45) is 5.52. The molecule has 0 spiro atoms. The minimum atomic E-state index is -3.59. The molecule has 0 fully saturated rings. The molecule has 2 aromatic carbocycles. The van der Waals surface area contributed by atoms with Crippen molar-refractivity contribution in [1.82, 2.24) is 14.6 Å². The highest BCUT2D eigenvalue weighted by atomic mass is 35.5. The summed E-state index contributed by atoms with van der Waals surface area (Å²) >= 11 is 0. The second-order valence-corrected chi connectivity index (χ2v) is 10.4. The average molecular weight is 526 g/mol. The Balaban J connectivity index is 0.00000342. The van der Waals surface area contributed by atoms with Crippen LogP contribution in [0.15, 0.2) is 59.8 Å². The van der Waals surface area contributed by atoms with Crippen molar-refractivity contribution in [2.75, 3.05) is 20.2 Å². The van der Waals surface area contributed by atoms with E-state index in [9.17, 15) is 17.2 Å². The number of nitrogens with one attached hydrogen (secondary N) is 2. The summed E-state index contributed by atoms with van der Waals surface area (Å²) in [6.45, 7) is 0.291. The summed E-state index contributed by atoms with van der Waals surface area (Å²) < 4.78 is 62.3. The molecule has 3 aromatic rings. The zero-order valence-electron chi connectivity index (χ0n) is 19.6. The molecule has 2 atom stereocenters. The Hall–Kier alpha value is -2.46. The van der Waals surface area contributed by atoms with E-state index in [0.29, 0.717) is 17.7 Å². The van der Waals surface area contributed by atoms with E-state index < -0.39 is 21.7 Å². The first-order valence-corrected chi connectivity index (χ1v) is 12.7. The summed E-state index contributed by atoms with van der Waals surface area (Å²) in [4.78, 5) is 0.207. The lowest BCUT2D eigenvalue weighted by Gasteiger charge is -2.34. The van der Waals surface area contributed by atoms with E-state index in [0.717, 1.165) is 24.5 Å². The third kappa shape index (κ3) is 6.61. The van der Waals surface area contributed by atoms with Gasteiger partial charge in [-0.3, -0.25) is 0 Å². The van der Waals surface area contributed by atoms with Crippen molar-refractivity contribution in [3.8, 4) is 5.75 Å². The van der Waals surface area contributed by atoms with Gasteiger partial charge in [-0.25, -0.2) is 21.9 Å². The molecular weight excluding hydrogens is 496 g/mol. The van der Waals surface area contributed by atoms with E-state index in [1.54, 1.807) is 17.8 Å². The Morgan fingerprint density at radius 2 is 1.86 bits per heavy atom. The van der Waals surface area contributed by atoms with Crippen LogP contribution in [0.3, 0.4) is 0 Å². The zero-order valence-corrected chi connectivity index (χ0v) is 21.3. The number of rotatable bonds is 9. The van der Waals surface area contributed by atoms with Crippen molar-refractivity contribution in [2.45, 2.75) is 36.1 Å². The lowest BCUT2D eigenvalue weighted by Crippen LogP contribution is -2.37. The van der Waals surface area contributed by atoms with E-state index in [1.165, 1.54) is 30.0 Å². The van der Waals surface area contributed by atoms with E-state index in [2.05, 4.69) is 10.0 Å². The number of fused-ring (bicyclic) bond motifs is 1. The molecule has 2 N–H and O–H groups in total. The predicted molar refractivity (Wildman–Crippen MR) is 134 cm³/mol. The number of aryl methyl sites for hydroxylation is 2. The van der Waals surface area contributed by atoms with E-state index in [4.69, 9.17) is 4.74 Å². The van der Waals surface area contributed by atoms with Gasteiger partial charge < -0.3 is 14.6 Å². The topological polar surface area (TPSA) is 72.4 Å². The van der Waals surface area contributed by atoms with Gasteiger partial charge in [0.1, 0.15) is 24.0 Å². The van der Waals surface area contributed by atoms with Crippen molar-refractivity contribution < 1.29 is 21.9 Å². The number of hydrogen-bond donors (Lipinski definition) is 2. The van der Waals surface area contributed by atoms with E-state index >= 15 is 0 Å². The Labute approximate surface area is 211 Å². The van der Waals surface area contributed by atoms with Crippen LogP contribution in [0.25, 0.3) is 0 Å². The van der Waals surface area contributed by atoms with Gasteiger partial charge >= 0.3 is 0 Å². The molecule has 1 aliphatic carbocycles. The Kier molecular flexibility index (Phi) is 8.93. The van der Waals surface area contributed by atoms with E-state index in [-0.39, 0.29) is 42.4 Å². The number of benzene rings is 2. The second kappa shape index (κ2) is 11.5. The molecule has 1 aliphatic rings. The molecule has 1 heterocycles. The average Bonchev–Trinajstić information content (AvgIpc) is 3.24. The van der Waals surface area contributed by atoms with Gasteiger partial charge in [0, 0.05) is 44.0 Å². The molecule has 0 saturated carbocycles. The molecule has 4 rings (SSSR count). The Morgan fingerprint density at radius 3 is 2.51 bits per heavy atom. The van der Waals surface area contributed by atoms with Crippen LogP contribution < -0.4 is 14.8 Å². The van der Waals surface area contributed by atoms with Crippen LogP contribution in [0, 0.1) is 11.6 Å².